The van der Waals surface area contributed by atoms with Crippen molar-refractivity contribution >= 4 is 0 Å². The average molecular weight is 253 g/mol. The average Bonchev–Trinajstić information content (AvgIpc) is 2.74. The number of aromatic nitrogens is 1. The van der Waals surface area contributed by atoms with Crippen molar-refractivity contribution in [2.75, 3.05) is 20.1 Å². The molecule has 0 spiro atoms. The molecule has 0 saturated carbocycles. The molecule has 1 N–H and O–H groups in total. The highest BCUT2D eigenvalue weighted by Crippen LogP contribution is 2.08. The maximum atomic E-state index is 5.34. The highest BCUT2D eigenvalue weighted by atomic mass is 16.5. The first-order valence-corrected chi connectivity index (χ1v) is 6.95. The molecule has 0 aliphatic carbocycles. The fraction of sp³-hybridized carbons (Fsp3) is 0.786. The Morgan fingerprint density at radius 2 is 2.22 bits per heavy atom. The minimum Gasteiger partial charge on any atom is -0.360 e. The van der Waals surface area contributed by atoms with Gasteiger partial charge in [0.15, 0.2) is 5.76 Å². The van der Waals surface area contributed by atoms with Gasteiger partial charge in [-0.1, -0.05) is 25.9 Å². The predicted molar refractivity (Wildman–Crippen MR) is 74.3 cm³/mol. The summed E-state index contributed by atoms with van der Waals surface area (Å²) in [6, 6.07) is 2.05. The topological polar surface area (TPSA) is 41.3 Å². The van der Waals surface area contributed by atoms with Crippen LogP contribution in [0.2, 0.25) is 0 Å². The quantitative estimate of drug-likeness (QED) is 0.687. The number of hydrogen-bond donors (Lipinski definition) is 1. The Morgan fingerprint density at radius 1 is 1.44 bits per heavy atom. The van der Waals surface area contributed by atoms with Gasteiger partial charge in [0.25, 0.3) is 0 Å². The summed E-state index contributed by atoms with van der Waals surface area (Å²) < 4.78 is 5.34. The lowest BCUT2D eigenvalue weighted by molar-refractivity contribution is 0.259. The lowest BCUT2D eigenvalue weighted by Gasteiger charge is -2.15. The van der Waals surface area contributed by atoms with Gasteiger partial charge in [0, 0.05) is 12.6 Å². The first kappa shape index (κ1) is 15.2. The normalized spacial score (nSPS) is 11.7. The summed E-state index contributed by atoms with van der Waals surface area (Å²) in [6.45, 7) is 10.4. The van der Waals surface area contributed by atoms with Crippen molar-refractivity contribution in [3.63, 3.8) is 0 Å². The molecule has 18 heavy (non-hydrogen) atoms. The maximum absolute atomic E-state index is 5.34. The molecular weight excluding hydrogens is 226 g/mol. The molecule has 0 unspecified atom stereocenters. The first-order chi connectivity index (χ1) is 8.61. The van der Waals surface area contributed by atoms with E-state index in [1.807, 2.05) is 0 Å². The molecule has 0 atom stereocenters. The van der Waals surface area contributed by atoms with E-state index in [1.54, 1.807) is 0 Å². The molecule has 1 aromatic rings. The third-order valence-electron chi connectivity index (χ3n) is 2.85. The predicted octanol–water partition coefficient (Wildman–Crippen LogP) is 2.65. The number of nitrogens with one attached hydrogen (secondary N) is 1. The van der Waals surface area contributed by atoms with Crippen molar-refractivity contribution < 1.29 is 4.52 Å². The summed E-state index contributed by atoms with van der Waals surface area (Å²) in [5, 5.41) is 7.39. The minimum absolute atomic E-state index is 0.746. The van der Waals surface area contributed by atoms with Gasteiger partial charge in [-0.2, -0.15) is 0 Å². The van der Waals surface area contributed by atoms with Crippen LogP contribution in [0.5, 0.6) is 0 Å². The van der Waals surface area contributed by atoms with Gasteiger partial charge in [0.1, 0.15) is 0 Å². The molecule has 4 nitrogen and oxygen atoms in total. The van der Waals surface area contributed by atoms with E-state index in [4.69, 9.17) is 4.52 Å². The van der Waals surface area contributed by atoms with Gasteiger partial charge in [-0.05, 0) is 38.9 Å². The molecule has 0 bridgehead atoms. The smallest absolute Gasteiger partial charge is 0.151 e. The molecule has 4 heteroatoms. The van der Waals surface area contributed by atoms with E-state index in [0.29, 0.717) is 0 Å². The Bertz CT molecular complexity index is 323. The van der Waals surface area contributed by atoms with Crippen LogP contribution in [0.1, 0.15) is 45.1 Å². The molecule has 1 rings (SSSR count). The second kappa shape index (κ2) is 8.27. The Morgan fingerprint density at radius 3 is 2.89 bits per heavy atom. The van der Waals surface area contributed by atoms with Crippen molar-refractivity contribution in [3.8, 4) is 0 Å². The zero-order chi connectivity index (χ0) is 13.4. The largest absolute Gasteiger partial charge is 0.360 e. The number of hydrogen-bond acceptors (Lipinski definition) is 4. The monoisotopic (exact) mass is 253 g/mol. The third-order valence-corrected chi connectivity index (χ3v) is 2.85. The summed E-state index contributed by atoms with van der Waals surface area (Å²) >= 11 is 0. The van der Waals surface area contributed by atoms with Gasteiger partial charge in [-0.25, -0.2) is 0 Å². The minimum atomic E-state index is 0.746. The van der Waals surface area contributed by atoms with Crippen LogP contribution in [0.3, 0.4) is 0 Å². The van der Waals surface area contributed by atoms with Crippen LogP contribution in [0.4, 0.5) is 0 Å². The Kier molecular flexibility index (Phi) is 6.98. The summed E-state index contributed by atoms with van der Waals surface area (Å²) in [6.07, 6.45) is 2.36. The lowest BCUT2D eigenvalue weighted by atomic mass is 10.1. The highest BCUT2D eigenvalue weighted by molar-refractivity contribution is 5.04. The van der Waals surface area contributed by atoms with Crippen molar-refractivity contribution in [3.05, 3.63) is 17.5 Å². The third kappa shape index (κ3) is 6.17. The highest BCUT2D eigenvalue weighted by Gasteiger charge is 2.07. The van der Waals surface area contributed by atoms with E-state index in [1.165, 1.54) is 6.42 Å². The van der Waals surface area contributed by atoms with Gasteiger partial charge < -0.3 is 9.84 Å². The number of rotatable bonds is 9. The summed E-state index contributed by atoms with van der Waals surface area (Å²) in [4.78, 5) is 2.28. The fourth-order valence-corrected chi connectivity index (χ4v) is 1.73. The Balaban J connectivity index is 2.29. The van der Waals surface area contributed by atoms with Crippen LogP contribution >= 0.6 is 0 Å². The molecule has 0 radical (unpaired) electrons. The van der Waals surface area contributed by atoms with Gasteiger partial charge >= 0.3 is 0 Å². The Labute approximate surface area is 111 Å². The molecule has 0 aliphatic rings. The summed E-state index contributed by atoms with van der Waals surface area (Å²) in [5.41, 5.74) is 0.996. The molecule has 0 saturated heterocycles. The van der Waals surface area contributed by atoms with E-state index >= 15 is 0 Å². The van der Waals surface area contributed by atoms with E-state index < -0.39 is 0 Å². The molecule has 0 amide bonds. The van der Waals surface area contributed by atoms with E-state index in [-0.39, 0.29) is 0 Å². The van der Waals surface area contributed by atoms with Crippen LogP contribution in [0.15, 0.2) is 10.6 Å². The SMILES string of the molecule is CCCNCc1cc(CN(C)CCC(C)C)on1. The van der Waals surface area contributed by atoms with E-state index in [9.17, 15) is 0 Å². The van der Waals surface area contributed by atoms with Crippen LogP contribution in [0.25, 0.3) is 0 Å². The molecule has 0 aromatic carbocycles. The van der Waals surface area contributed by atoms with Gasteiger partial charge in [-0.3, -0.25) is 4.90 Å². The van der Waals surface area contributed by atoms with Gasteiger partial charge in [0.2, 0.25) is 0 Å². The second-order valence-corrected chi connectivity index (χ2v) is 5.38. The number of nitrogens with zero attached hydrogens (tertiary/aromatic N) is 2. The van der Waals surface area contributed by atoms with Crippen LogP contribution < -0.4 is 5.32 Å². The summed E-state index contributed by atoms with van der Waals surface area (Å²) in [5.74, 6) is 1.70. The molecule has 1 heterocycles. The van der Waals surface area contributed by atoms with Crippen LogP contribution in [-0.4, -0.2) is 30.2 Å². The zero-order valence-electron chi connectivity index (χ0n) is 12.2. The first-order valence-electron chi connectivity index (χ1n) is 6.95. The van der Waals surface area contributed by atoms with E-state index in [0.717, 1.165) is 50.0 Å². The molecular formula is C14H27N3O. The molecule has 0 aliphatic heterocycles. The van der Waals surface area contributed by atoms with Crippen molar-refractivity contribution in [2.24, 2.45) is 5.92 Å². The van der Waals surface area contributed by atoms with E-state index in [2.05, 4.69) is 49.3 Å². The van der Waals surface area contributed by atoms with Crippen molar-refractivity contribution in [1.29, 1.82) is 0 Å². The fourth-order valence-electron chi connectivity index (χ4n) is 1.73. The molecule has 1 aromatic heterocycles. The van der Waals surface area contributed by atoms with Gasteiger partial charge in [-0.15, -0.1) is 0 Å². The van der Waals surface area contributed by atoms with Crippen LogP contribution in [-0.2, 0) is 13.1 Å². The molecule has 0 fully saturated rings. The lowest BCUT2D eigenvalue weighted by Crippen LogP contribution is -2.20. The standard InChI is InChI=1S/C14H27N3O/c1-5-7-15-10-13-9-14(18-16-13)11-17(4)8-6-12(2)3/h9,12,15H,5-8,10-11H2,1-4H3. The van der Waals surface area contributed by atoms with Gasteiger partial charge in [0.05, 0.1) is 12.2 Å². The van der Waals surface area contributed by atoms with Crippen LogP contribution in [0, 0.1) is 5.92 Å². The Hall–Kier alpha value is -0.870. The maximum Gasteiger partial charge on any atom is 0.151 e. The van der Waals surface area contributed by atoms with Crippen molar-refractivity contribution in [2.45, 2.75) is 46.7 Å². The zero-order valence-corrected chi connectivity index (χ0v) is 12.2. The second-order valence-electron chi connectivity index (χ2n) is 5.38. The molecule has 104 valence electrons. The summed E-state index contributed by atoms with van der Waals surface area (Å²) in [7, 11) is 2.12. The van der Waals surface area contributed by atoms with Crippen molar-refractivity contribution in [1.82, 2.24) is 15.4 Å².